The minimum Gasteiger partial charge on any atom is -0.388 e. The molecule has 0 saturated heterocycles. The Labute approximate surface area is 84.0 Å². The second kappa shape index (κ2) is 4.09. The monoisotopic (exact) mass is 195 g/mol. The lowest BCUT2D eigenvalue weighted by Crippen LogP contribution is -2.11. The first-order valence-electron chi connectivity index (χ1n) is 5.32. The summed E-state index contributed by atoms with van der Waals surface area (Å²) in [6, 6.07) is 0. The average molecular weight is 195 g/mol. The quantitative estimate of drug-likeness (QED) is 0.775. The molecule has 0 atom stereocenters. The molecule has 4 heteroatoms. The van der Waals surface area contributed by atoms with Gasteiger partial charge in [0.25, 0.3) is 0 Å². The standard InChI is InChI=1S/C10H17N3O/c1-13-9(7-14)11-12-10(13)8-5-3-2-4-6-8/h8,14H,2-7H2,1H3. The maximum atomic E-state index is 9.01. The highest BCUT2D eigenvalue weighted by Crippen LogP contribution is 2.31. The summed E-state index contributed by atoms with van der Waals surface area (Å²) in [7, 11) is 1.94. The van der Waals surface area contributed by atoms with E-state index in [1.807, 2.05) is 11.6 Å². The molecule has 14 heavy (non-hydrogen) atoms. The lowest BCUT2D eigenvalue weighted by atomic mass is 9.89. The summed E-state index contributed by atoms with van der Waals surface area (Å²) in [6.07, 6.45) is 6.38. The fourth-order valence-corrected chi connectivity index (χ4v) is 2.23. The van der Waals surface area contributed by atoms with Gasteiger partial charge in [0.05, 0.1) is 0 Å². The largest absolute Gasteiger partial charge is 0.388 e. The van der Waals surface area contributed by atoms with Gasteiger partial charge in [0.15, 0.2) is 5.82 Å². The van der Waals surface area contributed by atoms with Gasteiger partial charge in [-0.1, -0.05) is 19.3 Å². The minimum atomic E-state index is -0.0176. The Kier molecular flexibility index (Phi) is 2.82. The van der Waals surface area contributed by atoms with E-state index in [9.17, 15) is 0 Å². The van der Waals surface area contributed by atoms with Crippen molar-refractivity contribution < 1.29 is 5.11 Å². The molecule has 0 bridgehead atoms. The van der Waals surface area contributed by atoms with Crippen molar-refractivity contribution in [1.82, 2.24) is 14.8 Å². The lowest BCUT2D eigenvalue weighted by molar-refractivity contribution is 0.266. The highest BCUT2D eigenvalue weighted by molar-refractivity contribution is 5.01. The van der Waals surface area contributed by atoms with Crippen LogP contribution in [0.3, 0.4) is 0 Å². The van der Waals surface area contributed by atoms with Crippen molar-refractivity contribution in [2.45, 2.75) is 44.6 Å². The third-order valence-electron chi connectivity index (χ3n) is 3.11. The fraction of sp³-hybridized carbons (Fsp3) is 0.800. The Hall–Kier alpha value is -0.900. The molecule has 1 aliphatic carbocycles. The highest BCUT2D eigenvalue weighted by Gasteiger charge is 2.21. The number of nitrogens with zero attached hydrogens (tertiary/aromatic N) is 3. The van der Waals surface area contributed by atoms with Crippen LogP contribution >= 0.6 is 0 Å². The number of rotatable bonds is 2. The first kappa shape index (κ1) is 9.65. The summed E-state index contributed by atoms with van der Waals surface area (Å²) in [6.45, 7) is -0.0176. The maximum absolute atomic E-state index is 9.01. The Morgan fingerprint density at radius 1 is 1.29 bits per heavy atom. The molecule has 78 valence electrons. The van der Waals surface area contributed by atoms with Crippen LogP contribution in [0.2, 0.25) is 0 Å². The summed E-state index contributed by atoms with van der Waals surface area (Å²) in [5.74, 6) is 2.28. The van der Waals surface area contributed by atoms with Crippen LogP contribution in [0.15, 0.2) is 0 Å². The molecule has 1 fully saturated rings. The molecule has 2 rings (SSSR count). The van der Waals surface area contributed by atoms with Gasteiger partial charge in [-0.2, -0.15) is 0 Å². The number of aliphatic hydroxyl groups excluding tert-OH is 1. The third kappa shape index (κ3) is 1.66. The third-order valence-corrected chi connectivity index (χ3v) is 3.11. The number of aliphatic hydroxyl groups is 1. The predicted molar refractivity (Wildman–Crippen MR) is 52.8 cm³/mol. The van der Waals surface area contributed by atoms with E-state index in [0.29, 0.717) is 11.7 Å². The van der Waals surface area contributed by atoms with Crippen LogP contribution in [0, 0.1) is 0 Å². The topological polar surface area (TPSA) is 50.9 Å². The smallest absolute Gasteiger partial charge is 0.158 e. The van der Waals surface area contributed by atoms with Gasteiger partial charge >= 0.3 is 0 Å². The number of hydrogen-bond acceptors (Lipinski definition) is 3. The zero-order valence-corrected chi connectivity index (χ0v) is 8.61. The molecule has 0 spiro atoms. The van der Waals surface area contributed by atoms with Crippen molar-refractivity contribution in [3.63, 3.8) is 0 Å². The molecule has 1 aliphatic rings. The van der Waals surface area contributed by atoms with Crippen molar-refractivity contribution in [1.29, 1.82) is 0 Å². The van der Waals surface area contributed by atoms with Gasteiger partial charge in [0.2, 0.25) is 0 Å². The van der Waals surface area contributed by atoms with Crippen LogP contribution in [0.1, 0.15) is 49.7 Å². The van der Waals surface area contributed by atoms with E-state index in [2.05, 4.69) is 10.2 Å². The van der Waals surface area contributed by atoms with Crippen LogP contribution in [0.4, 0.5) is 0 Å². The minimum absolute atomic E-state index is 0.0176. The molecule has 1 aromatic rings. The molecule has 0 aliphatic heterocycles. The SMILES string of the molecule is Cn1c(CO)nnc1C1CCCCC1. The van der Waals surface area contributed by atoms with Gasteiger partial charge in [-0.15, -0.1) is 10.2 Å². The number of hydrogen-bond donors (Lipinski definition) is 1. The van der Waals surface area contributed by atoms with Gasteiger partial charge in [0.1, 0.15) is 12.4 Å². The second-order valence-corrected chi connectivity index (χ2v) is 4.03. The summed E-state index contributed by atoms with van der Waals surface area (Å²) in [4.78, 5) is 0. The predicted octanol–water partition coefficient (Wildman–Crippen LogP) is 1.36. The summed E-state index contributed by atoms with van der Waals surface area (Å²) >= 11 is 0. The van der Waals surface area contributed by atoms with E-state index >= 15 is 0 Å². The Morgan fingerprint density at radius 2 is 2.00 bits per heavy atom. The molecule has 1 N–H and O–H groups in total. The summed E-state index contributed by atoms with van der Waals surface area (Å²) < 4.78 is 1.94. The van der Waals surface area contributed by atoms with Crippen molar-refractivity contribution >= 4 is 0 Å². The van der Waals surface area contributed by atoms with Crippen LogP contribution in [-0.4, -0.2) is 19.9 Å². The molecular weight excluding hydrogens is 178 g/mol. The van der Waals surface area contributed by atoms with Gasteiger partial charge < -0.3 is 9.67 Å². The Balaban J connectivity index is 2.18. The van der Waals surface area contributed by atoms with Gasteiger partial charge in [-0.25, -0.2) is 0 Å². The van der Waals surface area contributed by atoms with Crippen LogP contribution in [0.5, 0.6) is 0 Å². The van der Waals surface area contributed by atoms with Crippen molar-refractivity contribution in [3.8, 4) is 0 Å². The van der Waals surface area contributed by atoms with Crippen molar-refractivity contribution in [2.24, 2.45) is 7.05 Å². The number of aromatic nitrogens is 3. The van der Waals surface area contributed by atoms with E-state index in [1.54, 1.807) is 0 Å². The molecule has 1 heterocycles. The summed E-state index contributed by atoms with van der Waals surface area (Å²) in [5, 5.41) is 17.1. The molecule has 0 unspecified atom stereocenters. The maximum Gasteiger partial charge on any atom is 0.158 e. The molecular formula is C10H17N3O. The van der Waals surface area contributed by atoms with Gasteiger partial charge in [-0.3, -0.25) is 0 Å². The van der Waals surface area contributed by atoms with E-state index in [1.165, 1.54) is 32.1 Å². The second-order valence-electron chi connectivity index (χ2n) is 4.03. The summed E-state index contributed by atoms with van der Waals surface area (Å²) in [5.41, 5.74) is 0. The normalized spacial score (nSPS) is 18.7. The zero-order chi connectivity index (χ0) is 9.97. The molecule has 1 aromatic heterocycles. The molecule has 0 amide bonds. The molecule has 0 radical (unpaired) electrons. The Morgan fingerprint density at radius 3 is 2.57 bits per heavy atom. The van der Waals surface area contributed by atoms with E-state index in [-0.39, 0.29) is 6.61 Å². The first-order valence-corrected chi connectivity index (χ1v) is 5.32. The van der Waals surface area contributed by atoms with E-state index in [4.69, 9.17) is 5.11 Å². The molecule has 4 nitrogen and oxygen atoms in total. The first-order chi connectivity index (χ1) is 6.83. The lowest BCUT2D eigenvalue weighted by Gasteiger charge is -2.20. The van der Waals surface area contributed by atoms with Gasteiger partial charge in [-0.05, 0) is 12.8 Å². The van der Waals surface area contributed by atoms with E-state index in [0.717, 1.165) is 5.82 Å². The van der Waals surface area contributed by atoms with Gasteiger partial charge in [0, 0.05) is 13.0 Å². The molecule has 1 saturated carbocycles. The fourth-order valence-electron chi connectivity index (χ4n) is 2.23. The van der Waals surface area contributed by atoms with Crippen LogP contribution < -0.4 is 0 Å². The van der Waals surface area contributed by atoms with E-state index < -0.39 is 0 Å². The Bertz CT molecular complexity index is 302. The van der Waals surface area contributed by atoms with Crippen molar-refractivity contribution in [2.75, 3.05) is 0 Å². The molecule has 0 aromatic carbocycles. The van der Waals surface area contributed by atoms with Crippen molar-refractivity contribution in [3.05, 3.63) is 11.6 Å². The zero-order valence-electron chi connectivity index (χ0n) is 8.61. The highest BCUT2D eigenvalue weighted by atomic mass is 16.3. The van der Waals surface area contributed by atoms with Crippen LogP contribution in [0.25, 0.3) is 0 Å². The average Bonchev–Trinajstić information content (AvgIpc) is 2.61. The van der Waals surface area contributed by atoms with Crippen LogP contribution in [-0.2, 0) is 13.7 Å².